The van der Waals surface area contributed by atoms with E-state index < -0.39 is 6.93 Å². The number of rotatable bonds is 0. The van der Waals surface area contributed by atoms with Gasteiger partial charge in [-0.1, -0.05) is 0 Å². The molecular formula is C11H21F2NO4. The van der Waals surface area contributed by atoms with Crippen LogP contribution in [0.2, 0.25) is 0 Å². The van der Waals surface area contributed by atoms with Gasteiger partial charge in [-0.05, 0) is 33.6 Å². The average Bonchev–Trinajstić information content (AvgIpc) is 2.69. The van der Waals surface area contributed by atoms with E-state index in [-0.39, 0.29) is 18.2 Å². The molecule has 0 radical (unpaired) electrons. The zero-order valence-corrected chi connectivity index (χ0v) is 11.0. The third kappa shape index (κ3) is 12.7. The van der Waals surface area contributed by atoms with E-state index in [4.69, 9.17) is 14.6 Å². The lowest BCUT2D eigenvalue weighted by Gasteiger charge is -2.23. The first-order valence-corrected chi connectivity index (χ1v) is 5.50. The molecule has 5 nitrogen and oxygen atoms in total. The molecule has 1 heterocycles. The van der Waals surface area contributed by atoms with Crippen LogP contribution in [0, 0.1) is 0 Å². The highest BCUT2D eigenvalue weighted by Gasteiger charge is 2.23. The highest BCUT2D eigenvalue weighted by Crippen LogP contribution is 2.14. The highest BCUT2D eigenvalue weighted by molar-refractivity contribution is 5.68. The van der Waals surface area contributed by atoms with Crippen molar-refractivity contribution in [3.63, 3.8) is 0 Å². The summed E-state index contributed by atoms with van der Waals surface area (Å²) >= 11 is 0. The van der Waals surface area contributed by atoms with E-state index in [1.807, 2.05) is 20.8 Å². The number of amides is 1. The van der Waals surface area contributed by atoms with Gasteiger partial charge >= 0.3 is 6.09 Å². The minimum absolute atomic E-state index is 0.167. The first-order chi connectivity index (χ1) is 8.32. The summed E-state index contributed by atoms with van der Waals surface area (Å²) in [7, 11) is 0. The van der Waals surface area contributed by atoms with Crippen LogP contribution in [0.4, 0.5) is 13.6 Å². The van der Waals surface area contributed by atoms with Gasteiger partial charge < -0.3 is 14.7 Å². The number of nitrogens with zero attached hydrogens (tertiary/aromatic N) is 1. The van der Waals surface area contributed by atoms with E-state index in [1.165, 1.54) is 0 Å². The lowest BCUT2D eigenvalue weighted by Crippen LogP contribution is -2.34. The Kier molecular flexibility index (Phi) is 11.3. The van der Waals surface area contributed by atoms with Gasteiger partial charge in [0.15, 0.2) is 0 Å². The Morgan fingerprint density at radius 2 is 1.67 bits per heavy atom. The van der Waals surface area contributed by atoms with Gasteiger partial charge in [0, 0.05) is 13.1 Å². The Hall–Kier alpha value is -1.40. The van der Waals surface area contributed by atoms with Crippen LogP contribution in [-0.4, -0.2) is 48.2 Å². The SMILES string of the molecule is CC(C)(C)OC(=O)N1CCCC1.FCF.O=CO. The van der Waals surface area contributed by atoms with Crippen LogP contribution in [0.1, 0.15) is 33.6 Å². The van der Waals surface area contributed by atoms with Gasteiger partial charge in [-0.15, -0.1) is 0 Å². The molecule has 0 aromatic heterocycles. The molecular weight excluding hydrogens is 248 g/mol. The second-order valence-electron chi connectivity index (χ2n) is 4.38. The van der Waals surface area contributed by atoms with Crippen LogP contribution in [0.5, 0.6) is 0 Å². The lowest BCUT2D eigenvalue weighted by atomic mass is 10.2. The fourth-order valence-corrected chi connectivity index (χ4v) is 1.23. The van der Waals surface area contributed by atoms with Gasteiger partial charge in [0.1, 0.15) is 5.60 Å². The molecule has 1 fully saturated rings. The predicted octanol–water partition coefficient (Wildman–Crippen LogP) is 2.60. The topological polar surface area (TPSA) is 66.8 Å². The van der Waals surface area contributed by atoms with E-state index in [0.717, 1.165) is 25.9 Å². The molecule has 1 rings (SSSR count). The molecule has 0 bridgehead atoms. The minimum atomic E-state index is -1.75. The van der Waals surface area contributed by atoms with E-state index in [2.05, 4.69) is 0 Å². The zero-order chi connectivity index (χ0) is 14.6. The number of halogens is 2. The maximum atomic E-state index is 11.4. The van der Waals surface area contributed by atoms with Crippen molar-refractivity contribution in [1.29, 1.82) is 0 Å². The second-order valence-corrected chi connectivity index (χ2v) is 4.38. The second kappa shape index (κ2) is 10.7. The van der Waals surface area contributed by atoms with Crippen LogP contribution >= 0.6 is 0 Å². The number of likely N-dealkylation sites (tertiary alicyclic amines) is 1. The lowest BCUT2D eigenvalue weighted by molar-refractivity contribution is -0.122. The summed E-state index contributed by atoms with van der Waals surface area (Å²) in [5.41, 5.74) is -0.361. The third-order valence-corrected chi connectivity index (χ3v) is 1.76. The molecule has 7 heteroatoms. The monoisotopic (exact) mass is 269 g/mol. The van der Waals surface area contributed by atoms with Crippen LogP contribution in [0.15, 0.2) is 0 Å². The van der Waals surface area contributed by atoms with Crippen molar-refractivity contribution in [3.05, 3.63) is 0 Å². The quantitative estimate of drug-likeness (QED) is 0.686. The van der Waals surface area contributed by atoms with Crippen molar-refractivity contribution in [2.75, 3.05) is 20.0 Å². The van der Waals surface area contributed by atoms with Crippen molar-refractivity contribution in [2.24, 2.45) is 0 Å². The van der Waals surface area contributed by atoms with Gasteiger partial charge in [0.05, 0.1) is 0 Å². The van der Waals surface area contributed by atoms with Gasteiger partial charge in [0.2, 0.25) is 6.93 Å². The molecule has 0 aliphatic carbocycles. The van der Waals surface area contributed by atoms with Gasteiger partial charge in [-0.25, -0.2) is 13.6 Å². The summed E-state index contributed by atoms with van der Waals surface area (Å²) in [6.07, 6.45) is 2.05. The van der Waals surface area contributed by atoms with E-state index in [0.29, 0.717) is 0 Å². The molecule has 1 aliphatic rings. The summed E-state index contributed by atoms with van der Waals surface area (Å²) in [4.78, 5) is 21.5. The maximum absolute atomic E-state index is 11.4. The molecule has 108 valence electrons. The van der Waals surface area contributed by atoms with E-state index in [1.54, 1.807) is 4.90 Å². The number of hydrogen-bond donors (Lipinski definition) is 1. The number of carboxylic acid groups (broad SMARTS) is 1. The number of hydrogen-bond acceptors (Lipinski definition) is 3. The van der Waals surface area contributed by atoms with Gasteiger partial charge in [0.25, 0.3) is 6.47 Å². The smallest absolute Gasteiger partial charge is 0.410 e. The number of carbonyl (C=O) groups is 2. The molecule has 1 aliphatic heterocycles. The average molecular weight is 269 g/mol. The minimum Gasteiger partial charge on any atom is -0.483 e. The Morgan fingerprint density at radius 3 is 1.94 bits per heavy atom. The molecule has 0 aromatic rings. The summed E-state index contributed by atoms with van der Waals surface area (Å²) in [5, 5.41) is 6.89. The van der Waals surface area contributed by atoms with Crippen molar-refractivity contribution < 1.29 is 28.2 Å². The molecule has 0 spiro atoms. The van der Waals surface area contributed by atoms with Crippen LogP contribution in [0.3, 0.4) is 0 Å². The largest absolute Gasteiger partial charge is 0.483 e. The molecule has 1 N–H and O–H groups in total. The van der Waals surface area contributed by atoms with Crippen molar-refractivity contribution in [2.45, 2.75) is 39.2 Å². The summed E-state index contributed by atoms with van der Waals surface area (Å²) in [6, 6.07) is 0. The Morgan fingerprint density at radius 1 is 1.33 bits per heavy atom. The summed E-state index contributed by atoms with van der Waals surface area (Å²) < 4.78 is 24.5. The molecule has 18 heavy (non-hydrogen) atoms. The summed E-state index contributed by atoms with van der Waals surface area (Å²) in [5.74, 6) is 0. The molecule has 1 saturated heterocycles. The van der Waals surface area contributed by atoms with E-state index in [9.17, 15) is 13.6 Å². The molecule has 0 saturated carbocycles. The highest BCUT2D eigenvalue weighted by atomic mass is 19.3. The number of alkyl halides is 2. The standard InChI is InChI=1S/C9H17NO2.CH2F2.CH2O2/c1-9(2,3)12-8(11)10-6-4-5-7-10;2*2-1-3/h4-7H2,1-3H3;1H2;1H,(H,2,3). The van der Waals surface area contributed by atoms with Crippen LogP contribution < -0.4 is 0 Å². The fraction of sp³-hybridized carbons (Fsp3) is 0.818. The van der Waals surface area contributed by atoms with Gasteiger partial charge in [-0.3, -0.25) is 4.79 Å². The Balaban J connectivity index is 0. The van der Waals surface area contributed by atoms with Crippen molar-refractivity contribution in [3.8, 4) is 0 Å². The normalized spacial score (nSPS) is 13.7. The van der Waals surface area contributed by atoms with E-state index >= 15 is 0 Å². The van der Waals surface area contributed by atoms with Crippen LogP contribution in [-0.2, 0) is 9.53 Å². The molecule has 0 aromatic carbocycles. The van der Waals surface area contributed by atoms with Crippen molar-refractivity contribution in [1.82, 2.24) is 4.90 Å². The first kappa shape index (κ1) is 19.0. The molecule has 0 unspecified atom stereocenters. The number of ether oxygens (including phenoxy) is 1. The van der Waals surface area contributed by atoms with Gasteiger partial charge in [-0.2, -0.15) is 0 Å². The summed E-state index contributed by atoms with van der Waals surface area (Å²) in [6.45, 7) is 5.38. The Bertz CT molecular complexity index is 226. The zero-order valence-electron chi connectivity index (χ0n) is 11.0. The number of carbonyl (C=O) groups excluding carboxylic acids is 1. The fourth-order valence-electron chi connectivity index (χ4n) is 1.23. The predicted molar refractivity (Wildman–Crippen MR) is 62.8 cm³/mol. The first-order valence-electron chi connectivity index (χ1n) is 5.50. The maximum Gasteiger partial charge on any atom is 0.410 e. The molecule has 1 amide bonds. The molecule has 0 atom stereocenters. The third-order valence-electron chi connectivity index (χ3n) is 1.76. The van der Waals surface area contributed by atoms with Crippen LogP contribution in [0.25, 0.3) is 0 Å². The Labute approximate surface area is 106 Å². The van der Waals surface area contributed by atoms with Crippen molar-refractivity contribution >= 4 is 12.6 Å².